The van der Waals surface area contributed by atoms with E-state index in [2.05, 4.69) is 24.3 Å². The molecule has 1 saturated heterocycles. The predicted molar refractivity (Wildman–Crippen MR) is 605 cm³/mol. The van der Waals surface area contributed by atoms with Crippen LogP contribution in [0.2, 0.25) is 0 Å². The molecule has 0 aromatic rings. The van der Waals surface area contributed by atoms with Gasteiger partial charge in [-0.3, -0.25) is 28.8 Å². The highest BCUT2D eigenvalue weighted by Crippen LogP contribution is 2.32. The average Bonchev–Trinajstić information content (AvgIpc) is 1.70. The van der Waals surface area contributed by atoms with E-state index in [0.29, 0.717) is 122 Å². The van der Waals surface area contributed by atoms with Crippen molar-refractivity contribution < 1.29 is 144 Å². The zero-order valence-corrected chi connectivity index (χ0v) is 95.8. The number of allylic oxidation sites excluding steroid dienone is 4. The molecule has 29 heteroatoms. The van der Waals surface area contributed by atoms with Gasteiger partial charge in [-0.2, -0.15) is 0 Å². The lowest BCUT2D eigenvalue weighted by molar-refractivity contribution is -0.152. The van der Waals surface area contributed by atoms with E-state index in [1.54, 1.807) is 0 Å². The van der Waals surface area contributed by atoms with Gasteiger partial charge in [-0.15, -0.1) is 0 Å². The number of rotatable bonds is 105. The van der Waals surface area contributed by atoms with E-state index in [-0.39, 0.29) is 152 Å². The minimum Gasteiger partial charge on any atom is -0.460 e. The summed E-state index contributed by atoms with van der Waals surface area (Å²) in [6.07, 6.45) is 83.5. The van der Waals surface area contributed by atoms with Crippen LogP contribution in [0.4, 0.5) is 0 Å². The highest BCUT2D eigenvalue weighted by atomic mass is 16.6. The lowest BCUT2D eigenvalue weighted by Crippen LogP contribution is -2.25. The zero-order valence-electron chi connectivity index (χ0n) is 95.8. The van der Waals surface area contributed by atoms with Crippen molar-refractivity contribution in [1.82, 2.24) is 0 Å². The van der Waals surface area contributed by atoms with Crippen LogP contribution >= 0.6 is 0 Å². The van der Waals surface area contributed by atoms with Crippen molar-refractivity contribution in [3.05, 3.63) is 24.3 Å². The Labute approximate surface area is 914 Å². The first-order valence-electron chi connectivity index (χ1n) is 60.7. The van der Waals surface area contributed by atoms with Crippen molar-refractivity contribution in [2.24, 2.45) is 0 Å². The molecule has 0 radical (unpaired) electrons. The Kier molecular flexibility index (Phi) is 133. The van der Waals surface area contributed by atoms with Crippen LogP contribution in [-0.4, -0.2) is 270 Å². The molecule has 0 aromatic carbocycles. The van der Waals surface area contributed by atoms with Crippen LogP contribution in [0.15, 0.2) is 24.3 Å². The molecule has 29 nitrogen and oxygen atoms in total. The third-order valence-corrected chi connectivity index (χ3v) is 27.1. The molecule has 12 atom stereocenters. The van der Waals surface area contributed by atoms with Crippen molar-refractivity contribution in [1.29, 1.82) is 0 Å². The Morgan fingerprint density at radius 3 is 0.520 bits per heavy atom. The molecule has 0 amide bonds. The van der Waals surface area contributed by atoms with Gasteiger partial charge in [-0.05, 0) is 218 Å². The number of unbranched alkanes of at least 4 members (excludes halogenated alkanes) is 48. The van der Waals surface area contributed by atoms with Crippen molar-refractivity contribution in [2.75, 3.05) is 79.3 Å². The highest BCUT2D eigenvalue weighted by molar-refractivity contribution is 5.71. The molecule has 12 unspecified atom stereocenters. The monoisotopic (exact) mass is 2160 g/mol. The summed E-state index contributed by atoms with van der Waals surface area (Å²) in [6.45, 7) is 12.5. The van der Waals surface area contributed by atoms with Gasteiger partial charge in [0.25, 0.3) is 0 Å². The summed E-state index contributed by atoms with van der Waals surface area (Å²) in [6, 6.07) is 0. The summed E-state index contributed by atoms with van der Waals surface area (Å²) in [4.78, 5) is 69.3. The fourth-order valence-electron chi connectivity index (χ4n) is 16.7. The smallest absolute Gasteiger partial charge is 0.306 e. The zero-order chi connectivity index (χ0) is 111. The molecule has 0 saturated carbocycles. The number of epoxide rings is 1. The topological polar surface area (TPSA) is 494 Å². The highest BCUT2D eigenvalue weighted by Gasteiger charge is 2.37. The summed E-state index contributed by atoms with van der Waals surface area (Å²) < 4.78 is 36.6. The second-order valence-corrected chi connectivity index (χ2v) is 40.9. The van der Waals surface area contributed by atoms with Gasteiger partial charge in [0, 0.05) is 78.2 Å². The van der Waals surface area contributed by atoms with Gasteiger partial charge in [-0.25, -0.2) is 0 Å². The Morgan fingerprint density at radius 2 is 0.353 bits per heavy atom. The molecule has 1 aliphatic rings. The molecular weight excluding hydrogens is 1920 g/mol. The number of hydrogen-bond acceptors (Lipinski definition) is 29. The molecular formula is C121H238O29. The summed E-state index contributed by atoms with van der Waals surface area (Å²) in [5.41, 5.74) is 0. The molecule has 1 rings (SSSR count). The number of hydrogen-bond donors (Lipinski definition) is 16. The SMILES string of the molecule is C.CCC(CO)OC(=O)CCCCCCC/C=C/CCCCCCO.CCC(CO)OC(=O)CCCCCCC/C=C\CCCCCCO.CCC(CO)OC(=O)CCCCCCCC(O)C(O)CCCCCCO.CCC(CO)OC(=O)CCCCCCCC(O)CCCCCCCO.CCC(CO)OC(=O)CCCCCCCC1OC1CCCCCCO.CCC(CO)OC(=O)CCCCCCCCC(O)CCCCCCO. The molecule has 0 aliphatic carbocycles. The molecule has 150 heavy (non-hydrogen) atoms. The Hall–Kier alpha value is -4.38. The van der Waals surface area contributed by atoms with Gasteiger partial charge < -0.3 is 115 Å². The number of esters is 6. The summed E-state index contributed by atoms with van der Waals surface area (Å²) in [7, 11) is 0. The Balaban J connectivity index is -0.000000414. The first kappa shape index (κ1) is 156. The second kappa shape index (κ2) is 128. The van der Waals surface area contributed by atoms with Crippen molar-refractivity contribution in [3.63, 3.8) is 0 Å². The third kappa shape index (κ3) is 121. The fourth-order valence-corrected chi connectivity index (χ4v) is 16.7. The van der Waals surface area contributed by atoms with Crippen LogP contribution in [0.1, 0.15) is 563 Å². The van der Waals surface area contributed by atoms with Crippen LogP contribution in [0.3, 0.4) is 0 Å². The largest absolute Gasteiger partial charge is 0.460 e. The van der Waals surface area contributed by atoms with Gasteiger partial charge in [0.2, 0.25) is 0 Å². The molecule has 0 aromatic heterocycles. The van der Waals surface area contributed by atoms with Crippen LogP contribution in [0.5, 0.6) is 0 Å². The maximum atomic E-state index is 11.6. The fraction of sp³-hybridized carbons (Fsp3) is 0.917. The lowest BCUT2D eigenvalue weighted by Gasteiger charge is -2.17. The minimum absolute atomic E-state index is 0. The van der Waals surface area contributed by atoms with Crippen LogP contribution in [0.25, 0.3) is 0 Å². The maximum absolute atomic E-state index is 11.6. The first-order chi connectivity index (χ1) is 72.5. The number of aliphatic hydroxyl groups excluding tert-OH is 16. The van der Waals surface area contributed by atoms with E-state index >= 15 is 0 Å². The molecule has 16 N–H and O–H groups in total. The van der Waals surface area contributed by atoms with E-state index in [1.807, 2.05) is 41.5 Å². The Morgan fingerprint density at radius 1 is 0.207 bits per heavy atom. The third-order valence-electron chi connectivity index (χ3n) is 27.1. The normalized spacial score (nSPS) is 14.5. The van der Waals surface area contributed by atoms with Crippen molar-refractivity contribution >= 4 is 35.8 Å². The molecule has 1 heterocycles. The number of carbonyl (C=O) groups excluding carboxylic acids is 6. The Bertz CT molecular complexity index is 2660. The average molecular weight is 2160 g/mol. The van der Waals surface area contributed by atoms with Crippen LogP contribution < -0.4 is 0 Å². The lowest BCUT2D eigenvalue weighted by atomic mass is 10.00. The molecule has 896 valence electrons. The summed E-state index contributed by atoms with van der Waals surface area (Å²) in [5.74, 6) is -1.22. The number of carbonyl (C=O) groups is 6. The molecule has 0 bridgehead atoms. The van der Waals surface area contributed by atoms with E-state index in [4.69, 9.17) is 94.4 Å². The predicted octanol–water partition coefficient (Wildman–Crippen LogP) is 23.6. The van der Waals surface area contributed by atoms with Gasteiger partial charge in [-0.1, -0.05) is 330 Å². The standard InChI is InChI=1S/C20H40O6.C20H38O5.2C20H40O5.2C20H38O4.CH4/c1-2-17(16-22)26-20(25)14-10-5-3-4-8-12-18(23)19(24)13-9-6-7-11-15-21;1-2-17(16-22)24-20(23)14-10-5-3-4-8-12-18-19(25-18)13-9-6-7-11-15-21;1-2-19(17-22)25-20(24)15-11-7-3-5-9-13-18(23)14-10-6-4-8-12-16-21;1-2-19(17-22)25-20(24)15-11-6-4-3-5-9-13-18(23)14-10-7-8-12-16-21;2*1-2-19(18-22)24-20(23)16-14-12-10-8-6-4-3-5-7-9-11-13-15-17-21;/h17-19,21-24H,2-16H2,1H3;17-19,21-22H,2-16H2,1H3;2*18-19,21-23H,2-17H2,1H3;2*3,5,19,21-22H,2,4,6-18H2,1H3;1H4/b;;;;5-3+;5-3-;. The van der Waals surface area contributed by atoms with Crippen LogP contribution in [-0.2, 0) is 61.9 Å². The van der Waals surface area contributed by atoms with E-state index in [0.717, 1.165) is 327 Å². The van der Waals surface area contributed by atoms with Crippen LogP contribution in [0, 0.1) is 0 Å². The molecule has 0 spiro atoms. The minimum atomic E-state index is -0.660. The van der Waals surface area contributed by atoms with E-state index in [9.17, 15) is 49.2 Å². The van der Waals surface area contributed by atoms with Gasteiger partial charge in [0.15, 0.2) is 0 Å². The molecule has 1 aliphatic heterocycles. The molecule has 1 fully saturated rings. The second-order valence-electron chi connectivity index (χ2n) is 40.9. The van der Waals surface area contributed by atoms with E-state index in [1.165, 1.54) is 96.3 Å². The van der Waals surface area contributed by atoms with E-state index < -0.39 is 12.2 Å². The maximum Gasteiger partial charge on any atom is 0.306 e. The summed E-state index contributed by atoms with van der Waals surface area (Å²) in [5, 5.41) is 146. The number of ether oxygens (including phenoxy) is 7. The van der Waals surface area contributed by atoms with Crippen molar-refractivity contribution in [3.8, 4) is 0 Å². The summed E-state index contributed by atoms with van der Waals surface area (Å²) >= 11 is 0. The quantitative estimate of drug-likeness (QED) is 0.00884. The van der Waals surface area contributed by atoms with Crippen molar-refractivity contribution in [2.45, 2.75) is 636 Å². The van der Waals surface area contributed by atoms with Gasteiger partial charge in [0.1, 0.15) is 36.6 Å². The van der Waals surface area contributed by atoms with Gasteiger partial charge in [0.05, 0.1) is 76.3 Å². The number of aliphatic hydroxyl groups is 16. The van der Waals surface area contributed by atoms with Gasteiger partial charge >= 0.3 is 35.8 Å². The first-order valence-corrected chi connectivity index (χ1v) is 60.7.